The van der Waals surface area contributed by atoms with Gasteiger partial charge in [0.1, 0.15) is 11.8 Å². The van der Waals surface area contributed by atoms with E-state index in [9.17, 15) is 27.5 Å². The van der Waals surface area contributed by atoms with E-state index in [0.717, 1.165) is 0 Å². The van der Waals surface area contributed by atoms with Gasteiger partial charge in [-0.1, -0.05) is 18.5 Å². The number of halogens is 5. The van der Waals surface area contributed by atoms with E-state index in [1.165, 1.54) is 4.68 Å². The average molecular weight is 385 g/mol. The number of hydrazone groups is 1. The Hall–Kier alpha value is -1.68. The summed E-state index contributed by atoms with van der Waals surface area (Å²) < 4.78 is 53.5. The number of aromatic nitrogens is 2. The normalized spacial score (nSPS) is 22.0. The summed E-state index contributed by atoms with van der Waals surface area (Å²) in [7, 11) is 0. The molecule has 0 saturated carbocycles. The number of aryl methyl sites for hydroxylation is 1. The Morgan fingerprint density at radius 3 is 2.36 bits per heavy atom. The van der Waals surface area contributed by atoms with Crippen LogP contribution in [0.5, 0.6) is 0 Å². The van der Waals surface area contributed by atoms with Gasteiger partial charge in [0.2, 0.25) is 5.72 Å². The van der Waals surface area contributed by atoms with Crippen LogP contribution in [0.1, 0.15) is 37.2 Å². The molecule has 0 aliphatic carbocycles. The monoisotopic (exact) mass is 384 g/mol. The van der Waals surface area contributed by atoms with Crippen LogP contribution in [-0.2, 0) is 4.79 Å². The molecule has 140 valence electrons. The molecule has 0 fully saturated rings. The van der Waals surface area contributed by atoms with Gasteiger partial charge < -0.3 is 5.11 Å². The maximum atomic E-state index is 13.3. The second-order valence-corrected chi connectivity index (χ2v) is 6.13. The zero-order chi connectivity index (χ0) is 19.1. The summed E-state index contributed by atoms with van der Waals surface area (Å²) in [6.45, 7) is 4.76. The number of hydrogen-bond donors (Lipinski definition) is 1. The molecule has 11 heteroatoms. The van der Waals surface area contributed by atoms with Crippen molar-refractivity contribution in [3.05, 3.63) is 16.4 Å². The van der Waals surface area contributed by atoms with Crippen molar-refractivity contribution in [3.63, 3.8) is 0 Å². The van der Waals surface area contributed by atoms with Crippen molar-refractivity contribution in [2.24, 2.45) is 5.10 Å². The molecular formula is C14H17ClF4N4O2. The Morgan fingerprint density at radius 2 is 1.96 bits per heavy atom. The molecule has 0 saturated heterocycles. The predicted octanol–water partition coefficient (Wildman–Crippen LogP) is 2.91. The van der Waals surface area contributed by atoms with Crippen LogP contribution in [0.25, 0.3) is 0 Å². The Labute approximate surface area is 146 Å². The molecule has 2 atom stereocenters. The lowest BCUT2D eigenvalue weighted by Crippen LogP contribution is -2.53. The first-order valence-electron chi connectivity index (χ1n) is 7.45. The molecule has 1 aliphatic heterocycles. The second-order valence-electron chi connectivity index (χ2n) is 5.75. The average Bonchev–Trinajstić information content (AvgIpc) is 3.02. The SMILES string of the molecule is CCC(C(=O)N1N=C(C(F)F)CC1(O)C(F)F)n1nc(C)c(Cl)c1C. The fourth-order valence-electron chi connectivity index (χ4n) is 2.66. The lowest BCUT2D eigenvalue weighted by Gasteiger charge is -2.32. The number of aliphatic hydroxyl groups is 1. The van der Waals surface area contributed by atoms with Crippen LogP contribution in [0.3, 0.4) is 0 Å². The third-order valence-electron chi connectivity index (χ3n) is 4.05. The molecule has 0 spiro atoms. The van der Waals surface area contributed by atoms with Crippen LogP contribution in [0, 0.1) is 13.8 Å². The Bertz CT molecular complexity index is 709. The largest absolute Gasteiger partial charge is 0.364 e. The summed E-state index contributed by atoms with van der Waals surface area (Å²) in [5, 5.41) is 17.8. The number of carbonyl (C=O) groups excluding carboxylic acids is 1. The number of amides is 1. The molecule has 0 aromatic carbocycles. The minimum Gasteiger partial charge on any atom is -0.364 e. The van der Waals surface area contributed by atoms with Gasteiger partial charge in [-0.3, -0.25) is 9.48 Å². The highest BCUT2D eigenvalue weighted by molar-refractivity contribution is 6.31. The summed E-state index contributed by atoms with van der Waals surface area (Å²) in [6, 6.07) is -1.13. The van der Waals surface area contributed by atoms with E-state index in [1.54, 1.807) is 20.8 Å². The Morgan fingerprint density at radius 1 is 1.36 bits per heavy atom. The van der Waals surface area contributed by atoms with Crippen LogP contribution in [0.4, 0.5) is 17.6 Å². The highest BCUT2D eigenvalue weighted by atomic mass is 35.5. The first kappa shape index (κ1) is 19.6. The van der Waals surface area contributed by atoms with Crippen molar-refractivity contribution in [1.82, 2.24) is 14.8 Å². The number of carbonyl (C=O) groups is 1. The zero-order valence-corrected chi connectivity index (χ0v) is 14.4. The minimum absolute atomic E-state index is 0.0533. The van der Waals surface area contributed by atoms with Crippen molar-refractivity contribution in [2.75, 3.05) is 0 Å². The van der Waals surface area contributed by atoms with Gasteiger partial charge in [0.25, 0.3) is 18.8 Å². The number of rotatable bonds is 5. The van der Waals surface area contributed by atoms with Crippen LogP contribution < -0.4 is 0 Å². The van der Waals surface area contributed by atoms with E-state index in [2.05, 4.69) is 10.2 Å². The third-order valence-corrected chi connectivity index (χ3v) is 4.60. The highest BCUT2D eigenvalue weighted by Gasteiger charge is 2.54. The molecule has 2 unspecified atom stereocenters. The topological polar surface area (TPSA) is 70.7 Å². The molecule has 1 aromatic heterocycles. The van der Waals surface area contributed by atoms with Crippen LogP contribution in [-0.4, -0.2) is 50.1 Å². The molecule has 1 aliphatic rings. The van der Waals surface area contributed by atoms with Crippen molar-refractivity contribution in [2.45, 2.75) is 58.2 Å². The summed E-state index contributed by atoms with van der Waals surface area (Å²) in [6.07, 6.45) is -7.65. The van der Waals surface area contributed by atoms with Gasteiger partial charge in [-0.25, -0.2) is 17.6 Å². The van der Waals surface area contributed by atoms with E-state index < -0.39 is 42.7 Å². The number of nitrogens with zero attached hydrogens (tertiary/aromatic N) is 4. The van der Waals surface area contributed by atoms with Gasteiger partial charge in [-0.15, -0.1) is 0 Å². The standard InChI is InChI=1S/C14H17ClF4N4O2/c1-4-9(22-7(3)10(15)6(2)20-22)12(24)23-14(25,13(18)19)5-8(21-23)11(16)17/h9,11,13,25H,4-5H2,1-3H3. The van der Waals surface area contributed by atoms with E-state index in [-0.39, 0.29) is 11.4 Å². The first-order valence-corrected chi connectivity index (χ1v) is 7.83. The fraction of sp³-hybridized carbons (Fsp3) is 0.643. The van der Waals surface area contributed by atoms with E-state index in [4.69, 9.17) is 11.6 Å². The van der Waals surface area contributed by atoms with Gasteiger partial charge in [0.15, 0.2) is 0 Å². The molecule has 25 heavy (non-hydrogen) atoms. The molecule has 2 rings (SSSR count). The van der Waals surface area contributed by atoms with Crippen molar-refractivity contribution >= 4 is 23.2 Å². The van der Waals surface area contributed by atoms with Crippen LogP contribution in [0.2, 0.25) is 5.02 Å². The molecule has 0 bridgehead atoms. The summed E-state index contributed by atoms with van der Waals surface area (Å²) >= 11 is 6.03. The van der Waals surface area contributed by atoms with Crippen molar-refractivity contribution < 1.29 is 27.5 Å². The van der Waals surface area contributed by atoms with E-state index >= 15 is 0 Å². The molecular weight excluding hydrogens is 368 g/mol. The fourth-order valence-corrected chi connectivity index (χ4v) is 2.79. The van der Waals surface area contributed by atoms with Gasteiger partial charge in [0.05, 0.1) is 16.4 Å². The summed E-state index contributed by atoms with van der Waals surface area (Å²) in [4.78, 5) is 12.7. The highest BCUT2D eigenvalue weighted by Crippen LogP contribution is 2.36. The lowest BCUT2D eigenvalue weighted by atomic mass is 10.1. The quantitative estimate of drug-likeness (QED) is 0.793. The number of hydrogen-bond acceptors (Lipinski definition) is 4. The minimum atomic E-state index is -3.47. The molecule has 6 nitrogen and oxygen atoms in total. The number of alkyl halides is 4. The Balaban J connectivity index is 2.45. The third kappa shape index (κ3) is 3.24. The molecule has 0 radical (unpaired) electrons. The smallest absolute Gasteiger partial charge is 0.287 e. The molecule has 1 aromatic rings. The lowest BCUT2D eigenvalue weighted by molar-refractivity contribution is -0.194. The van der Waals surface area contributed by atoms with Gasteiger partial charge >= 0.3 is 0 Å². The first-order chi connectivity index (χ1) is 11.5. The van der Waals surface area contributed by atoms with E-state index in [1.807, 2.05) is 0 Å². The summed E-state index contributed by atoms with van der Waals surface area (Å²) in [5.41, 5.74) is -3.25. The van der Waals surface area contributed by atoms with E-state index in [0.29, 0.717) is 16.4 Å². The molecule has 1 N–H and O–H groups in total. The maximum absolute atomic E-state index is 13.3. The van der Waals surface area contributed by atoms with Gasteiger partial charge in [-0.05, 0) is 20.3 Å². The van der Waals surface area contributed by atoms with Crippen LogP contribution >= 0.6 is 11.6 Å². The predicted molar refractivity (Wildman–Crippen MR) is 81.9 cm³/mol. The van der Waals surface area contributed by atoms with Crippen LogP contribution in [0.15, 0.2) is 5.10 Å². The Kier molecular flexibility index (Phi) is 5.43. The molecule has 1 amide bonds. The maximum Gasteiger partial charge on any atom is 0.287 e. The van der Waals surface area contributed by atoms with Crippen molar-refractivity contribution in [3.8, 4) is 0 Å². The zero-order valence-electron chi connectivity index (χ0n) is 13.7. The second kappa shape index (κ2) is 6.91. The molecule has 2 heterocycles. The van der Waals surface area contributed by atoms with Crippen molar-refractivity contribution in [1.29, 1.82) is 0 Å². The van der Waals surface area contributed by atoms with Gasteiger partial charge in [0, 0.05) is 6.42 Å². The van der Waals surface area contributed by atoms with Gasteiger partial charge in [-0.2, -0.15) is 15.2 Å². The summed E-state index contributed by atoms with van der Waals surface area (Å²) in [5.74, 6) is -1.07.